The Bertz CT molecular complexity index is 1670. The van der Waals surface area contributed by atoms with Crippen LogP contribution in [0.5, 0.6) is 0 Å². The molecule has 0 fully saturated rings. The number of aromatic nitrogens is 2. The second-order valence-electron chi connectivity index (χ2n) is 10.9. The van der Waals surface area contributed by atoms with Crippen molar-refractivity contribution in [2.75, 3.05) is 19.6 Å². The van der Waals surface area contributed by atoms with Crippen molar-refractivity contribution in [2.24, 2.45) is 0 Å². The Labute approximate surface area is 263 Å². The Hall–Kier alpha value is -3.96. The summed E-state index contributed by atoms with van der Waals surface area (Å²) in [6, 6.07) is 18.6. The summed E-state index contributed by atoms with van der Waals surface area (Å²) in [6.45, 7) is 4.17. The number of fused-ring (bicyclic) bond motifs is 1. The highest BCUT2D eigenvalue weighted by molar-refractivity contribution is 7.98. The second-order valence-corrected chi connectivity index (χ2v) is 11.9. The molecule has 1 heterocycles. The summed E-state index contributed by atoms with van der Waals surface area (Å²) >= 11 is 1.35. The van der Waals surface area contributed by atoms with E-state index in [0.29, 0.717) is 54.5 Å². The number of hydrogen-bond donors (Lipinski definition) is 1. The third-order valence-electron chi connectivity index (χ3n) is 7.81. The molecule has 0 aliphatic heterocycles. The largest absolute Gasteiger partial charge is 0.416 e. The lowest BCUT2D eigenvalue weighted by Gasteiger charge is -2.25. The van der Waals surface area contributed by atoms with E-state index in [4.69, 9.17) is 0 Å². The first-order chi connectivity index (χ1) is 21.6. The monoisotopic (exact) mass is 638 g/mol. The summed E-state index contributed by atoms with van der Waals surface area (Å²) in [4.78, 5) is 32.8. The number of carbonyl (C=O) groups excluding carboxylic acids is 1. The Morgan fingerprint density at radius 3 is 2.24 bits per heavy atom. The van der Waals surface area contributed by atoms with Crippen molar-refractivity contribution >= 4 is 17.7 Å². The molecule has 0 unspecified atom stereocenters. The van der Waals surface area contributed by atoms with Crippen molar-refractivity contribution in [3.8, 4) is 11.1 Å². The number of amides is 1. The van der Waals surface area contributed by atoms with E-state index in [0.717, 1.165) is 47.5 Å². The predicted octanol–water partition coefficient (Wildman–Crippen LogP) is 6.49. The fourth-order valence-corrected chi connectivity index (χ4v) is 6.35. The molecule has 1 aliphatic carbocycles. The van der Waals surface area contributed by atoms with Crippen LogP contribution in [0, 0.1) is 5.82 Å². The topological polar surface area (TPSA) is 67.2 Å². The lowest BCUT2D eigenvalue weighted by atomic mass is 10.0. The third-order valence-corrected chi connectivity index (χ3v) is 8.86. The van der Waals surface area contributed by atoms with Crippen LogP contribution in [0.3, 0.4) is 0 Å². The molecule has 0 saturated heterocycles. The Morgan fingerprint density at radius 2 is 1.60 bits per heavy atom. The molecular formula is C34H34F4N4O2S. The van der Waals surface area contributed by atoms with Gasteiger partial charge in [-0.3, -0.25) is 9.59 Å². The van der Waals surface area contributed by atoms with E-state index in [1.165, 1.54) is 36.0 Å². The number of carbonyl (C=O) groups is 1. The van der Waals surface area contributed by atoms with Gasteiger partial charge in [0.15, 0.2) is 5.16 Å². The van der Waals surface area contributed by atoms with Crippen molar-refractivity contribution in [1.82, 2.24) is 19.8 Å². The number of nitrogens with one attached hydrogen (secondary N) is 1. The molecule has 1 aliphatic rings. The summed E-state index contributed by atoms with van der Waals surface area (Å²) in [5.41, 5.74) is 3.74. The summed E-state index contributed by atoms with van der Waals surface area (Å²) < 4.78 is 54.2. The van der Waals surface area contributed by atoms with Gasteiger partial charge in [0, 0.05) is 36.6 Å². The van der Waals surface area contributed by atoms with Crippen LogP contribution in [0.25, 0.3) is 11.1 Å². The van der Waals surface area contributed by atoms with Crippen LogP contribution in [-0.4, -0.2) is 40.0 Å². The van der Waals surface area contributed by atoms with Crippen LogP contribution < -0.4 is 10.9 Å². The van der Waals surface area contributed by atoms with Crippen LogP contribution >= 0.6 is 11.8 Å². The van der Waals surface area contributed by atoms with Gasteiger partial charge in [-0.05, 0) is 72.3 Å². The summed E-state index contributed by atoms with van der Waals surface area (Å²) in [5.74, 6) is 0.0199. The van der Waals surface area contributed by atoms with Crippen molar-refractivity contribution in [3.05, 3.63) is 117 Å². The van der Waals surface area contributed by atoms with Crippen molar-refractivity contribution in [1.29, 1.82) is 0 Å². The molecule has 45 heavy (non-hydrogen) atoms. The maximum Gasteiger partial charge on any atom is 0.416 e. The zero-order valence-corrected chi connectivity index (χ0v) is 25.7. The lowest BCUT2D eigenvalue weighted by molar-refractivity contribution is -0.137. The van der Waals surface area contributed by atoms with Gasteiger partial charge in [0.1, 0.15) is 12.4 Å². The van der Waals surface area contributed by atoms with E-state index in [2.05, 4.69) is 10.3 Å². The van der Waals surface area contributed by atoms with Crippen LogP contribution in [0.2, 0.25) is 0 Å². The highest BCUT2D eigenvalue weighted by Crippen LogP contribution is 2.31. The van der Waals surface area contributed by atoms with Crippen molar-refractivity contribution in [3.63, 3.8) is 0 Å². The van der Waals surface area contributed by atoms with Crippen LogP contribution in [0.1, 0.15) is 41.3 Å². The molecule has 0 radical (unpaired) electrons. The van der Waals surface area contributed by atoms with Gasteiger partial charge in [-0.2, -0.15) is 18.2 Å². The van der Waals surface area contributed by atoms with E-state index in [-0.39, 0.29) is 23.8 Å². The lowest BCUT2D eigenvalue weighted by Crippen LogP contribution is -2.39. The smallest absolute Gasteiger partial charge is 0.336 e. The number of rotatable bonds is 12. The van der Waals surface area contributed by atoms with Crippen molar-refractivity contribution in [2.45, 2.75) is 56.4 Å². The average Bonchev–Trinajstić information content (AvgIpc) is 3.53. The molecule has 1 N–H and O–H groups in total. The first kappa shape index (κ1) is 32.4. The third kappa shape index (κ3) is 8.20. The molecule has 1 aromatic heterocycles. The molecule has 236 valence electrons. The minimum Gasteiger partial charge on any atom is -0.336 e. The molecule has 1 amide bonds. The molecule has 0 atom stereocenters. The fourth-order valence-electron chi connectivity index (χ4n) is 5.38. The van der Waals surface area contributed by atoms with Gasteiger partial charge in [0.2, 0.25) is 5.91 Å². The van der Waals surface area contributed by atoms with Gasteiger partial charge in [0.05, 0.1) is 5.56 Å². The van der Waals surface area contributed by atoms with Gasteiger partial charge in [-0.1, -0.05) is 67.2 Å². The van der Waals surface area contributed by atoms with Gasteiger partial charge < -0.3 is 14.8 Å². The molecule has 0 spiro atoms. The molecule has 3 aromatic carbocycles. The standard InChI is InChI=1S/C34H34F4N4O2S/c1-2-39-18-19-41(20-23-6-10-25(11-7-23)26-12-14-27(15-13-26)34(36,37)38)31(43)21-42-30-5-3-4-29(30)32(44)40-33(42)45-22-24-8-16-28(35)17-9-24/h6-17,39H,2-5,18-22H2,1H3. The maximum absolute atomic E-state index is 13.9. The Balaban J connectivity index is 1.35. The molecular weight excluding hydrogens is 604 g/mol. The molecule has 6 nitrogen and oxygen atoms in total. The quantitative estimate of drug-likeness (QED) is 0.0833. The number of alkyl halides is 3. The zero-order chi connectivity index (χ0) is 32.0. The van der Waals surface area contributed by atoms with E-state index >= 15 is 0 Å². The van der Waals surface area contributed by atoms with E-state index in [9.17, 15) is 27.2 Å². The number of thioether (sulfide) groups is 1. The van der Waals surface area contributed by atoms with Crippen LogP contribution in [-0.2, 0) is 42.7 Å². The maximum atomic E-state index is 13.9. The summed E-state index contributed by atoms with van der Waals surface area (Å²) in [5, 5.41) is 3.73. The first-order valence-electron chi connectivity index (χ1n) is 14.9. The molecule has 0 saturated carbocycles. The van der Waals surface area contributed by atoms with Gasteiger partial charge in [-0.15, -0.1) is 0 Å². The number of nitrogens with zero attached hydrogens (tertiary/aromatic N) is 3. The first-order valence-corrected chi connectivity index (χ1v) is 15.9. The fraction of sp³-hybridized carbons (Fsp3) is 0.324. The zero-order valence-electron chi connectivity index (χ0n) is 24.9. The predicted molar refractivity (Wildman–Crippen MR) is 167 cm³/mol. The number of hydrogen-bond acceptors (Lipinski definition) is 5. The van der Waals surface area contributed by atoms with E-state index in [1.807, 2.05) is 35.8 Å². The molecule has 5 rings (SSSR count). The molecule has 4 aromatic rings. The minimum atomic E-state index is -4.39. The van der Waals surface area contributed by atoms with Crippen LogP contribution in [0.15, 0.2) is 82.7 Å². The number of benzene rings is 3. The van der Waals surface area contributed by atoms with Gasteiger partial charge in [-0.25, -0.2) is 4.39 Å². The number of halogens is 4. The Kier molecular flexibility index (Phi) is 10.4. The summed E-state index contributed by atoms with van der Waals surface area (Å²) in [7, 11) is 0. The highest BCUT2D eigenvalue weighted by atomic mass is 32.2. The molecule has 0 bridgehead atoms. The van der Waals surface area contributed by atoms with E-state index in [1.54, 1.807) is 17.0 Å². The normalized spacial score (nSPS) is 12.7. The second kappa shape index (κ2) is 14.4. The average molecular weight is 639 g/mol. The van der Waals surface area contributed by atoms with Gasteiger partial charge >= 0.3 is 6.18 Å². The Morgan fingerprint density at radius 1 is 0.956 bits per heavy atom. The minimum absolute atomic E-state index is 0.0249. The van der Waals surface area contributed by atoms with Crippen LogP contribution in [0.4, 0.5) is 17.6 Å². The molecule has 11 heteroatoms. The van der Waals surface area contributed by atoms with Gasteiger partial charge in [0.25, 0.3) is 5.56 Å². The summed E-state index contributed by atoms with van der Waals surface area (Å²) in [6.07, 6.45) is -2.25. The number of likely N-dealkylation sites (N-methyl/N-ethyl adjacent to an activating group) is 1. The SMILES string of the molecule is CCNCCN(Cc1ccc(-c2ccc(C(F)(F)F)cc2)cc1)C(=O)Cn1c(SCc2ccc(F)cc2)nc(=O)c2c1CCC2. The van der Waals surface area contributed by atoms with E-state index < -0.39 is 11.7 Å². The highest BCUT2D eigenvalue weighted by Gasteiger charge is 2.30. The van der Waals surface area contributed by atoms with Crippen molar-refractivity contribution < 1.29 is 22.4 Å².